The predicted octanol–water partition coefficient (Wildman–Crippen LogP) is 4.68. The second kappa shape index (κ2) is 9.61. The van der Waals surface area contributed by atoms with Crippen molar-refractivity contribution in [2.75, 3.05) is 18.0 Å². The number of rotatable bonds is 6. The number of pyridine rings is 2. The van der Waals surface area contributed by atoms with Gasteiger partial charge in [-0.25, -0.2) is 9.97 Å². The number of aromatic nitrogens is 2. The molecule has 2 aromatic heterocycles. The molecule has 0 spiro atoms. The van der Waals surface area contributed by atoms with Crippen LogP contribution in [-0.2, 0) is 6.54 Å². The zero-order valence-corrected chi connectivity index (χ0v) is 18.0. The molecule has 1 aliphatic carbocycles. The van der Waals surface area contributed by atoms with Crippen LogP contribution < -0.4 is 10.2 Å². The van der Waals surface area contributed by atoms with Crippen molar-refractivity contribution in [1.29, 1.82) is 0 Å². The molecule has 0 unspecified atom stereocenters. The molecule has 29 heavy (non-hydrogen) atoms. The number of amides is 1. The second-order valence-corrected chi connectivity index (χ2v) is 9.55. The Labute approximate surface area is 177 Å². The second-order valence-electron chi connectivity index (χ2n) is 8.26. The maximum Gasteiger partial charge on any atom is 0.254 e. The summed E-state index contributed by atoms with van der Waals surface area (Å²) in [6.45, 7) is 4.95. The minimum Gasteiger partial charge on any atom is -0.357 e. The van der Waals surface area contributed by atoms with Crippen LogP contribution in [0.25, 0.3) is 0 Å². The molecule has 154 valence electrons. The van der Waals surface area contributed by atoms with Crippen molar-refractivity contribution in [2.45, 2.75) is 62.3 Å². The van der Waals surface area contributed by atoms with Crippen LogP contribution in [-0.4, -0.2) is 34.2 Å². The third kappa shape index (κ3) is 5.30. The molecular formula is C23H30N4OS. The molecule has 0 aromatic carbocycles. The fourth-order valence-corrected chi connectivity index (χ4v) is 5.34. The molecule has 1 saturated heterocycles. The monoisotopic (exact) mass is 410 g/mol. The average molecular weight is 411 g/mol. The Bertz CT molecular complexity index is 812. The Morgan fingerprint density at radius 1 is 1.14 bits per heavy atom. The molecule has 0 radical (unpaired) electrons. The van der Waals surface area contributed by atoms with E-state index in [1.165, 1.54) is 38.5 Å². The van der Waals surface area contributed by atoms with Gasteiger partial charge in [-0.1, -0.05) is 25.8 Å². The van der Waals surface area contributed by atoms with Crippen molar-refractivity contribution >= 4 is 23.5 Å². The summed E-state index contributed by atoms with van der Waals surface area (Å²) in [5.41, 5.74) is 1.69. The minimum atomic E-state index is -0.0623. The molecule has 1 N–H and O–H groups in total. The third-order valence-corrected chi connectivity index (χ3v) is 7.32. The molecule has 0 atom stereocenters. The van der Waals surface area contributed by atoms with Crippen molar-refractivity contribution in [3.63, 3.8) is 0 Å². The molecule has 3 heterocycles. The molecule has 1 saturated carbocycles. The molecule has 1 aliphatic heterocycles. The summed E-state index contributed by atoms with van der Waals surface area (Å²) in [6.07, 6.45) is 11.1. The van der Waals surface area contributed by atoms with Gasteiger partial charge in [-0.3, -0.25) is 4.79 Å². The van der Waals surface area contributed by atoms with Crippen LogP contribution in [0.15, 0.2) is 41.7 Å². The quantitative estimate of drug-likeness (QED) is 0.749. The largest absolute Gasteiger partial charge is 0.357 e. The highest BCUT2D eigenvalue weighted by Crippen LogP contribution is 2.35. The summed E-state index contributed by atoms with van der Waals surface area (Å²) in [4.78, 5) is 24.2. The molecule has 0 bridgehead atoms. The van der Waals surface area contributed by atoms with Gasteiger partial charge < -0.3 is 10.2 Å². The van der Waals surface area contributed by atoms with E-state index in [0.717, 1.165) is 35.4 Å². The molecular weight excluding hydrogens is 380 g/mol. The number of piperidine rings is 1. The van der Waals surface area contributed by atoms with E-state index < -0.39 is 0 Å². The lowest BCUT2D eigenvalue weighted by molar-refractivity contribution is 0.0947. The summed E-state index contributed by atoms with van der Waals surface area (Å²) in [5.74, 6) is 1.78. The van der Waals surface area contributed by atoms with Crippen LogP contribution in [0.2, 0.25) is 0 Å². The lowest BCUT2D eigenvalue weighted by atomic mass is 9.99. The Kier molecular flexibility index (Phi) is 6.70. The van der Waals surface area contributed by atoms with E-state index in [4.69, 9.17) is 0 Å². The van der Waals surface area contributed by atoms with Gasteiger partial charge in [0.1, 0.15) is 10.8 Å². The lowest BCUT2D eigenvalue weighted by Crippen LogP contribution is -2.33. The number of nitrogens with one attached hydrogen (secondary N) is 1. The van der Waals surface area contributed by atoms with E-state index in [-0.39, 0.29) is 5.91 Å². The SMILES string of the molecule is CC1CCN(c2ccc(CNC(=O)c3cccnc3SC3CCCC3)cn2)CC1. The zero-order valence-electron chi connectivity index (χ0n) is 17.1. The maximum absolute atomic E-state index is 12.8. The van der Waals surface area contributed by atoms with Crippen LogP contribution in [0.1, 0.15) is 61.4 Å². The highest BCUT2D eigenvalue weighted by Gasteiger charge is 2.21. The van der Waals surface area contributed by atoms with E-state index in [1.54, 1.807) is 18.0 Å². The van der Waals surface area contributed by atoms with Gasteiger partial charge in [-0.2, -0.15) is 0 Å². The molecule has 5 nitrogen and oxygen atoms in total. The first-order valence-corrected chi connectivity index (χ1v) is 11.7. The topological polar surface area (TPSA) is 58.1 Å². The fourth-order valence-electron chi connectivity index (χ4n) is 4.05. The fraction of sp³-hybridized carbons (Fsp3) is 0.522. The van der Waals surface area contributed by atoms with Crippen molar-refractivity contribution in [2.24, 2.45) is 5.92 Å². The van der Waals surface area contributed by atoms with E-state index in [9.17, 15) is 4.79 Å². The van der Waals surface area contributed by atoms with E-state index in [2.05, 4.69) is 39.2 Å². The molecule has 2 aliphatic rings. The molecule has 2 aromatic rings. The Balaban J connectivity index is 1.34. The van der Waals surface area contributed by atoms with Crippen LogP contribution in [0, 0.1) is 5.92 Å². The Morgan fingerprint density at radius 3 is 2.66 bits per heavy atom. The predicted molar refractivity (Wildman–Crippen MR) is 118 cm³/mol. The van der Waals surface area contributed by atoms with Gasteiger partial charge in [0.15, 0.2) is 0 Å². The van der Waals surface area contributed by atoms with E-state index in [0.29, 0.717) is 17.4 Å². The van der Waals surface area contributed by atoms with Gasteiger partial charge in [0.25, 0.3) is 5.91 Å². The zero-order chi connectivity index (χ0) is 20.1. The standard InChI is InChI=1S/C23H30N4OS/c1-17-10-13-27(14-11-17)21-9-8-18(15-25-21)16-26-22(28)20-7-4-12-24-23(20)29-19-5-2-3-6-19/h4,7-9,12,15,17,19H,2-3,5-6,10-11,13-14,16H2,1H3,(H,26,28). The molecule has 6 heteroatoms. The van der Waals surface area contributed by atoms with Crippen molar-refractivity contribution in [3.8, 4) is 0 Å². The highest BCUT2D eigenvalue weighted by molar-refractivity contribution is 7.99. The maximum atomic E-state index is 12.8. The highest BCUT2D eigenvalue weighted by atomic mass is 32.2. The number of thioether (sulfide) groups is 1. The van der Waals surface area contributed by atoms with Gasteiger partial charge in [-0.05, 0) is 55.4 Å². The first-order valence-electron chi connectivity index (χ1n) is 10.8. The van der Waals surface area contributed by atoms with Crippen LogP contribution in [0.4, 0.5) is 5.82 Å². The summed E-state index contributed by atoms with van der Waals surface area (Å²) < 4.78 is 0. The lowest BCUT2D eigenvalue weighted by Gasteiger charge is -2.31. The number of carbonyl (C=O) groups is 1. The number of carbonyl (C=O) groups excluding carboxylic acids is 1. The first-order chi connectivity index (χ1) is 14.2. The molecule has 1 amide bonds. The van der Waals surface area contributed by atoms with Crippen LogP contribution >= 0.6 is 11.8 Å². The van der Waals surface area contributed by atoms with Crippen molar-refractivity contribution in [3.05, 3.63) is 47.8 Å². The number of hydrogen-bond acceptors (Lipinski definition) is 5. The third-order valence-electron chi connectivity index (χ3n) is 5.97. The van der Waals surface area contributed by atoms with E-state index >= 15 is 0 Å². The van der Waals surface area contributed by atoms with Crippen LogP contribution in [0.3, 0.4) is 0 Å². The van der Waals surface area contributed by atoms with Gasteiger partial charge in [0.2, 0.25) is 0 Å². The first kappa shape index (κ1) is 20.2. The average Bonchev–Trinajstić information content (AvgIpc) is 3.26. The molecule has 4 rings (SSSR count). The van der Waals surface area contributed by atoms with Crippen molar-refractivity contribution in [1.82, 2.24) is 15.3 Å². The van der Waals surface area contributed by atoms with Gasteiger partial charge in [-0.15, -0.1) is 11.8 Å². The van der Waals surface area contributed by atoms with Crippen LogP contribution in [0.5, 0.6) is 0 Å². The smallest absolute Gasteiger partial charge is 0.254 e. The Hall–Kier alpha value is -2.08. The molecule has 2 fully saturated rings. The summed E-state index contributed by atoms with van der Waals surface area (Å²) >= 11 is 1.76. The number of hydrogen-bond donors (Lipinski definition) is 1. The normalized spacial score (nSPS) is 18.2. The number of anilines is 1. The van der Waals surface area contributed by atoms with Crippen molar-refractivity contribution < 1.29 is 4.79 Å². The number of nitrogens with zero attached hydrogens (tertiary/aromatic N) is 3. The summed E-state index contributed by atoms with van der Waals surface area (Å²) in [6, 6.07) is 7.85. The minimum absolute atomic E-state index is 0.0623. The Morgan fingerprint density at radius 2 is 1.93 bits per heavy atom. The van der Waals surface area contributed by atoms with E-state index in [1.807, 2.05) is 18.3 Å². The van der Waals surface area contributed by atoms with Gasteiger partial charge >= 0.3 is 0 Å². The summed E-state index contributed by atoms with van der Waals surface area (Å²) in [5, 5.41) is 4.48. The van der Waals surface area contributed by atoms with Gasteiger partial charge in [0.05, 0.1) is 5.56 Å². The van der Waals surface area contributed by atoms with Gasteiger partial charge in [0, 0.05) is 37.3 Å². The summed E-state index contributed by atoms with van der Waals surface area (Å²) in [7, 11) is 0.